The summed E-state index contributed by atoms with van der Waals surface area (Å²) in [6.45, 7) is 4.06. The Morgan fingerprint density at radius 3 is 2.72 bits per heavy atom. The molecule has 2 N–H and O–H groups in total. The van der Waals surface area contributed by atoms with E-state index in [0.717, 1.165) is 34.7 Å². The van der Waals surface area contributed by atoms with Crippen LogP contribution in [0.5, 0.6) is 11.5 Å². The van der Waals surface area contributed by atoms with Crippen LogP contribution in [0.3, 0.4) is 0 Å². The first-order valence-corrected chi connectivity index (χ1v) is 8.51. The van der Waals surface area contributed by atoms with Crippen molar-refractivity contribution in [1.82, 2.24) is 10.2 Å². The molecule has 1 aliphatic heterocycles. The minimum atomic E-state index is -0.339. The van der Waals surface area contributed by atoms with Crippen LogP contribution in [-0.2, 0) is 17.7 Å². The molecule has 2 rings (SSSR count). The van der Waals surface area contributed by atoms with Gasteiger partial charge in [-0.3, -0.25) is 0 Å². The number of methoxy groups -OCH3 is 3. The van der Waals surface area contributed by atoms with Crippen molar-refractivity contribution in [3.8, 4) is 11.5 Å². The molecule has 0 spiro atoms. The largest absolute Gasteiger partial charge is 0.496 e. The number of carbonyl (C=O) groups excluding carboxylic acids is 1. The summed E-state index contributed by atoms with van der Waals surface area (Å²) >= 11 is 0. The van der Waals surface area contributed by atoms with Crippen LogP contribution < -0.4 is 14.8 Å². The third-order valence-electron chi connectivity index (χ3n) is 4.61. The molecular formula is C18H28N2O5. The SMILES string of the molecule is COC(=O)N1CCc2c(OC)c(CNCCCO)cc(OC)c2C1C. The van der Waals surface area contributed by atoms with Gasteiger partial charge in [-0.1, -0.05) is 0 Å². The number of nitrogens with zero attached hydrogens (tertiary/aromatic N) is 1. The molecule has 0 bridgehead atoms. The number of rotatable bonds is 7. The summed E-state index contributed by atoms with van der Waals surface area (Å²) in [4.78, 5) is 13.7. The Kier molecular flexibility index (Phi) is 6.90. The fourth-order valence-electron chi connectivity index (χ4n) is 3.40. The summed E-state index contributed by atoms with van der Waals surface area (Å²) in [7, 11) is 4.69. The van der Waals surface area contributed by atoms with E-state index in [1.54, 1.807) is 19.1 Å². The fourth-order valence-corrected chi connectivity index (χ4v) is 3.40. The molecule has 7 heteroatoms. The molecule has 25 heavy (non-hydrogen) atoms. The molecule has 0 saturated heterocycles. The molecule has 0 aromatic heterocycles. The Bertz CT molecular complexity index is 606. The first kappa shape index (κ1) is 19.3. The summed E-state index contributed by atoms with van der Waals surface area (Å²) in [5.74, 6) is 1.58. The number of nitrogens with one attached hydrogen (secondary N) is 1. The van der Waals surface area contributed by atoms with Crippen molar-refractivity contribution in [2.75, 3.05) is 41.0 Å². The van der Waals surface area contributed by atoms with Gasteiger partial charge in [0.25, 0.3) is 0 Å². The van der Waals surface area contributed by atoms with E-state index in [1.165, 1.54) is 7.11 Å². The van der Waals surface area contributed by atoms with E-state index in [-0.39, 0.29) is 18.7 Å². The number of amides is 1. The van der Waals surface area contributed by atoms with Gasteiger partial charge >= 0.3 is 6.09 Å². The predicted octanol–water partition coefficient (Wildman–Crippen LogP) is 1.86. The van der Waals surface area contributed by atoms with Gasteiger partial charge in [-0.15, -0.1) is 0 Å². The van der Waals surface area contributed by atoms with Crippen molar-refractivity contribution >= 4 is 6.09 Å². The maximum Gasteiger partial charge on any atom is 0.409 e. The van der Waals surface area contributed by atoms with Gasteiger partial charge in [0.1, 0.15) is 11.5 Å². The van der Waals surface area contributed by atoms with Crippen LogP contribution in [0, 0.1) is 0 Å². The van der Waals surface area contributed by atoms with Crippen LogP contribution >= 0.6 is 0 Å². The molecular weight excluding hydrogens is 324 g/mol. The number of carbonyl (C=O) groups is 1. The van der Waals surface area contributed by atoms with E-state index in [1.807, 2.05) is 13.0 Å². The number of aliphatic hydroxyl groups excluding tert-OH is 1. The summed E-state index contributed by atoms with van der Waals surface area (Å²) in [5, 5.41) is 12.2. The van der Waals surface area contributed by atoms with Crippen molar-refractivity contribution in [2.24, 2.45) is 0 Å². The van der Waals surface area contributed by atoms with Crippen LogP contribution in [0.2, 0.25) is 0 Å². The van der Waals surface area contributed by atoms with Gasteiger partial charge < -0.3 is 29.5 Å². The van der Waals surface area contributed by atoms with E-state index in [2.05, 4.69) is 5.32 Å². The molecule has 0 aliphatic carbocycles. The lowest BCUT2D eigenvalue weighted by molar-refractivity contribution is 0.104. The molecule has 1 aromatic rings. The molecule has 1 aliphatic rings. The van der Waals surface area contributed by atoms with Crippen molar-refractivity contribution in [3.05, 3.63) is 22.8 Å². The van der Waals surface area contributed by atoms with Crippen LogP contribution in [0.1, 0.15) is 36.1 Å². The number of fused-ring (bicyclic) bond motifs is 1. The summed E-state index contributed by atoms with van der Waals surface area (Å²) in [6.07, 6.45) is 1.04. The molecule has 0 radical (unpaired) electrons. The van der Waals surface area contributed by atoms with Gasteiger partial charge in [0, 0.05) is 36.4 Å². The molecule has 7 nitrogen and oxygen atoms in total. The third-order valence-corrected chi connectivity index (χ3v) is 4.61. The Morgan fingerprint density at radius 2 is 2.12 bits per heavy atom. The minimum absolute atomic E-state index is 0.156. The molecule has 1 aromatic carbocycles. The number of hydrogen-bond acceptors (Lipinski definition) is 6. The topological polar surface area (TPSA) is 80.3 Å². The highest BCUT2D eigenvalue weighted by Gasteiger charge is 2.33. The Hall–Kier alpha value is -1.99. The van der Waals surface area contributed by atoms with Crippen molar-refractivity contribution in [1.29, 1.82) is 0 Å². The maximum atomic E-state index is 12.0. The fraction of sp³-hybridized carbons (Fsp3) is 0.611. The van der Waals surface area contributed by atoms with Gasteiger partial charge in [0.05, 0.1) is 27.4 Å². The molecule has 0 fully saturated rings. The van der Waals surface area contributed by atoms with Crippen LogP contribution in [0.4, 0.5) is 4.79 Å². The molecule has 1 unspecified atom stereocenters. The summed E-state index contributed by atoms with van der Waals surface area (Å²) in [6, 6.07) is 1.80. The van der Waals surface area contributed by atoms with E-state index in [4.69, 9.17) is 19.3 Å². The highest BCUT2D eigenvalue weighted by atomic mass is 16.5. The zero-order chi connectivity index (χ0) is 18.4. The number of aliphatic hydroxyl groups is 1. The molecule has 1 atom stereocenters. The van der Waals surface area contributed by atoms with E-state index in [0.29, 0.717) is 25.9 Å². The summed E-state index contributed by atoms with van der Waals surface area (Å²) in [5.41, 5.74) is 3.05. The second-order valence-electron chi connectivity index (χ2n) is 6.01. The lowest BCUT2D eigenvalue weighted by Crippen LogP contribution is -2.39. The monoisotopic (exact) mass is 352 g/mol. The zero-order valence-corrected chi connectivity index (χ0v) is 15.4. The van der Waals surface area contributed by atoms with E-state index in [9.17, 15) is 4.79 Å². The van der Waals surface area contributed by atoms with Gasteiger partial charge in [0.15, 0.2) is 0 Å². The smallest absolute Gasteiger partial charge is 0.409 e. The Morgan fingerprint density at radius 1 is 1.36 bits per heavy atom. The lowest BCUT2D eigenvalue weighted by atomic mass is 9.89. The lowest BCUT2D eigenvalue weighted by Gasteiger charge is -2.36. The zero-order valence-electron chi connectivity index (χ0n) is 15.4. The second-order valence-corrected chi connectivity index (χ2v) is 6.01. The predicted molar refractivity (Wildman–Crippen MR) is 94.2 cm³/mol. The average molecular weight is 352 g/mol. The van der Waals surface area contributed by atoms with Crippen molar-refractivity contribution in [3.63, 3.8) is 0 Å². The maximum absolute atomic E-state index is 12.0. The average Bonchev–Trinajstić information content (AvgIpc) is 2.63. The van der Waals surface area contributed by atoms with Gasteiger partial charge in [-0.05, 0) is 32.4 Å². The molecule has 0 saturated carbocycles. The highest BCUT2D eigenvalue weighted by molar-refractivity contribution is 5.70. The normalized spacial score (nSPS) is 16.4. The number of ether oxygens (including phenoxy) is 3. The van der Waals surface area contributed by atoms with Crippen molar-refractivity contribution < 1.29 is 24.1 Å². The summed E-state index contributed by atoms with van der Waals surface area (Å²) < 4.78 is 16.2. The van der Waals surface area contributed by atoms with Crippen LogP contribution in [-0.4, -0.2) is 57.1 Å². The van der Waals surface area contributed by atoms with E-state index >= 15 is 0 Å². The molecule has 140 valence electrons. The van der Waals surface area contributed by atoms with Gasteiger partial charge in [-0.2, -0.15) is 0 Å². The first-order valence-electron chi connectivity index (χ1n) is 8.51. The minimum Gasteiger partial charge on any atom is -0.496 e. The van der Waals surface area contributed by atoms with Crippen molar-refractivity contribution in [2.45, 2.75) is 32.4 Å². The Labute approximate surface area is 148 Å². The number of hydrogen-bond donors (Lipinski definition) is 2. The first-order chi connectivity index (χ1) is 12.1. The molecule has 1 heterocycles. The Balaban J connectivity index is 2.38. The standard InChI is InChI=1S/C18H28N2O5/c1-12-16-14(6-8-20(12)18(22)25-4)17(24-3)13(10-15(16)23-2)11-19-7-5-9-21/h10,12,19,21H,5-9,11H2,1-4H3. The van der Waals surface area contributed by atoms with Gasteiger partial charge in [-0.25, -0.2) is 4.79 Å². The molecule has 1 amide bonds. The quantitative estimate of drug-likeness (QED) is 0.729. The van der Waals surface area contributed by atoms with Crippen LogP contribution in [0.25, 0.3) is 0 Å². The van der Waals surface area contributed by atoms with E-state index < -0.39 is 0 Å². The van der Waals surface area contributed by atoms with Crippen LogP contribution in [0.15, 0.2) is 6.07 Å². The third kappa shape index (κ3) is 3.99. The number of benzene rings is 1. The second kappa shape index (κ2) is 8.92. The van der Waals surface area contributed by atoms with Gasteiger partial charge in [0.2, 0.25) is 0 Å². The highest BCUT2D eigenvalue weighted by Crippen LogP contribution is 2.43.